The minimum atomic E-state index is 0.0797. The van der Waals surface area contributed by atoms with E-state index in [9.17, 15) is 4.79 Å². The Hall–Kier alpha value is -2.35. The summed E-state index contributed by atoms with van der Waals surface area (Å²) < 4.78 is 0. The molecular formula is C21H23NO. The largest absolute Gasteiger partial charge is 0.335 e. The number of rotatable bonds is 5. The van der Waals surface area contributed by atoms with E-state index in [1.165, 1.54) is 5.56 Å². The van der Waals surface area contributed by atoms with Crippen LogP contribution in [0.15, 0.2) is 73.3 Å². The molecule has 0 spiro atoms. The van der Waals surface area contributed by atoms with Crippen molar-refractivity contribution < 1.29 is 4.79 Å². The lowest BCUT2D eigenvalue weighted by Gasteiger charge is -2.47. The molecule has 0 bridgehead atoms. The van der Waals surface area contributed by atoms with Crippen LogP contribution >= 0.6 is 0 Å². The van der Waals surface area contributed by atoms with Crippen LogP contribution in [0.25, 0.3) is 0 Å². The third-order valence-electron chi connectivity index (χ3n) is 4.73. The number of benzene rings is 2. The molecule has 0 N–H and O–H groups in total. The fourth-order valence-corrected chi connectivity index (χ4v) is 3.45. The number of hydrogen-bond acceptors (Lipinski definition) is 1. The van der Waals surface area contributed by atoms with Crippen molar-refractivity contribution in [3.63, 3.8) is 0 Å². The lowest BCUT2D eigenvalue weighted by Crippen LogP contribution is -2.51. The molecule has 2 nitrogen and oxygen atoms in total. The van der Waals surface area contributed by atoms with Gasteiger partial charge in [-0.05, 0) is 17.0 Å². The molecule has 23 heavy (non-hydrogen) atoms. The van der Waals surface area contributed by atoms with Crippen molar-refractivity contribution in [3.8, 4) is 0 Å². The Kier molecular flexibility index (Phi) is 4.61. The van der Waals surface area contributed by atoms with E-state index in [-0.39, 0.29) is 17.9 Å². The molecule has 1 aliphatic rings. The van der Waals surface area contributed by atoms with Crippen molar-refractivity contribution in [2.24, 2.45) is 5.92 Å². The predicted octanol–water partition coefficient (Wildman–Crippen LogP) is 4.57. The normalized spacial score (nSPS) is 21.3. The Morgan fingerprint density at radius 2 is 1.78 bits per heavy atom. The van der Waals surface area contributed by atoms with Gasteiger partial charge in [-0.2, -0.15) is 0 Å². The molecular weight excluding hydrogens is 282 g/mol. The van der Waals surface area contributed by atoms with Gasteiger partial charge in [0.15, 0.2) is 0 Å². The van der Waals surface area contributed by atoms with Crippen LogP contribution in [0.2, 0.25) is 0 Å². The zero-order valence-electron chi connectivity index (χ0n) is 13.6. The minimum absolute atomic E-state index is 0.0797. The molecule has 2 aromatic carbocycles. The first-order valence-electron chi connectivity index (χ1n) is 8.22. The zero-order chi connectivity index (χ0) is 16.2. The van der Waals surface area contributed by atoms with Crippen molar-refractivity contribution >= 4 is 5.91 Å². The summed E-state index contributed by atoms with van der Waals surface area (Å²) >= 11 is 0. The molecule has 1 amide bonds. The Morgan fingerprint density at radius 3 is 2.35 bits per heavy atom. The summed E-state index contributed by atoms with van der Waals surface area (Å²) in [7, 11) is 0. The summed E-state index contributed by atoms with van der Waals surface area (Å²) in [6.45, 7) is 6.97. The molecule has 3 atom stereocenters. The summed E-state index contributed by atoms with van der Waals surface area (Å²) in [6, 6.07) is 20.7. The molecule has 0 unspecified atom stereocenters. The molecule has 2 heteroatoms. The monoisotopic (exact) mass is 305 g/mol. The average Bonchev–Trinajstić information content (AvgIpc) is 2.59. The second kappa shape index (κ2) is 6.82. The summed E-state index contributed by atoms with van der Waals surface area (Å²) in [4.78, 5) is 14.8. The van der Waals surface area contributed by atoms with Crippen LogP contribution in [0.1, 0.15) is 36.4 Å². The third-order valence-corrected chi connectivity index (χ3v) is 4.73. The first-order chi connectivity index (χ1) is 11.2. The van der Waals surface area contributed by atoms with E-state index in [2.05, 4.69) is 37.8 Å². The zero-order valence-corrected chi connectivity index (χ0v) is 13.6. The molecule has 0 aliphatic carbocycles. The summed E-state index contributed by atoms with van der Waals surface area (Å²) in [5.41, 5.74) is 2.38. The Balaban J connectivity index is 1.72. The van der Waals surface area contributed by atoms with Crippen molar-refractivity contribution in [3.05, 3.63) is 84.4 Å². The maximum Gasteiger partial charge on any atom is 0.224 e. The van der Waals surface area contributed by atoms with Crippen molar-refractivity contribution in [1.29, 1.82) is 0 Å². The van der Waals surface area contributed by atoms with E-state index in [1.54, 1.807) is 0 Å². The van der Waals surface area contributed by atoms with Crippen LogP contribution < -0.4 is 0 Å². The fraction of sp³-hybridized carbons (Fsp3) is 0.286. The summed E-state index contributed by atoms with van der Waals surface area (Å²) in [5, 5.41) is 0. The third kappa shape index (κ3) is 3.21. The smallest absolute Gasteiger partial charge is 0.224 e. The Labute approximate surface area is 138 Å². The van der Waals surface area contributed by atoms with Crippen molar-refractivity contribution in [2.45, 2.75) is 25.3 Å². The average molecular weight is 305 g/mol. The standard InChI is InChI=1S/C21H23NO/c1-3-17(18-10-6-4-7-11-18)14-20(23)22-15-16(2)21(22)19-12-8-5-9-13-19/h3-13,16-17,21H,1,14-15H2,2H3/t16-,17+,21+/m0/s1. The van der Waals surface area contributed by atoms with Crippen LogP contribution in [0.3, 0.4) is 0 Å². The van der Waals surface area contributed by atoms with Gasteiger partial charge in [-0.15, -0.1) is 6.58 Å². The molecule has 118 valence electrons. The second-order valence-corrected chi connectivity index (χ2v) is 6.34. The lowest BCUT2D eigenvalue weighted by molar-refractivity contribution is -0.143. The molecule has 1 fully saturated rings. The second-order valence-electron chi connectivity index (χ2n) is 6.34. The summed E-state index contributed by atoms with van der Waals surface area (Å²) in [5.74, 6) is 0.807. The van der Waals surface area contributed by atoms with E-state index in [0.29, 0.717) is 12.3 Å². The highest BCUT2D eigenvalue weighted by molar-refractivity contribution is 5.79. The molecule has 0 aromatic heterocycles. The summed E-state index contributed by atoms with van der Waals surface area (Å²) in [6.07, 6.45) is 2.37. The highest BCUT2D eigenvalue weighted by Crippen LogP contribution is 2.39. The van der Waals surface area contributed by atoms with Crippen LogP contribution in [0, 0.1) is 5.92 Å². The van der Waals surface area contributed by atoms with E-state index in [4.69, 9.17) is 0 Å². The molecule has 1 saturated heterocycles. The van der Waals surface area contributed by atoms with Crippen molar-refractivity contribution in [2.75, 3.05) is 6.54 Å². The topological polar surface area (TPSA) is 20.3 Å². The molecule has 1 aliphatic heterocycles. The minimum Gasteiger partial charge on any atom is -0.335 e. The van der Waals surface area contributed by atoms with Crippen molar-refractivity contribution in [1.82, 2.24) is 4.90 Å². The van der Waals surface area contributed by atoms with Crippen LogP contribution in [0.4, 0.5) is 0 Å². The number of amides is 1. The molecule has 0 saturated carbocycles. The fourth-order valence-electron chi connectivity index (χ4n) is 3.45. The first-order valence-corrected chi connectivity index (χ1v) is 8.22. The number of hydrogen-bond donors (Lipinski definition) is 0. The lowest BCUT2D eigenvalue weighted by atomic mass is 9.83. The first kappa shape index (κ1) is 15.5. The molecule has 1 heterocycles. The van der Waals surface area contributed by atoms with Crippen LogP contribution in [-0.2, 0) is 4.79 Å². The highest BCUT2D eigenvalue weighted by Gasteiger charge is 2.39. The SMILES string of the molecule is C=C[C@H](CC(=O)N1C[C@H](C)[C@@H]1c1ccccc1)c1ccccc1. The van der Waals surface area contributed by atoms with E-state index < -0.39 is 0 Å². The maximum atomic E-state index is 12.8. The van der Waals surface area contributed by atoms with Gasteiger partial charge in [-0.3, -0.25) is 4.79 Å². The number of allylic oxidation sites excluding steroid dienone is 1. The number of carbonyl (C=O) groups is 1. The quantitative estimate of drug-likeness (QED) is 0.741. The predicted molar refractivity (Wildman–Crippen MR) is 94.1 cm³/mol. The van der Waals surface area contributed by atoms with Gasteiger partial charge in [0.1, 0.15) is 0 Å². The Morgan fingerprint density at radius 1 is 1.17 bits per heavy atom. The molecule has 0 radical (unpaired) electrons. The van der Waals surface area contributed by atoms with Gasteiger partial charge >= 0.3 is 0 Å². The molecule has 2 aromatic rings. The van der Waals surface area contributed by atoms with E-state index in [1.807, 2.05) is 47.4 Å². The number of likely N-dealkylation sites (tertiary alicyclic amines) is 1. The van der Waals surface area contributed by atoms with Gasteiger partial charge in [0, 0.05) is 18.9 Å². The van der Waals surface area contributed by atoms with Gasteiger partial charge in [-0.1, -0.05) is 73.7 Å². The van der Waals surface area contributed by atoms with Gasteiger partial charge in [0.2, 0.25) is 5.91 Å². The van der Waals surface area contributed by atoms with Crippen LogP contribution in [-0.4, -0.2) is 17.4 Å². The van der Waals surface area contributed by atoms with Gasteiger partial charge in [0.25, 0.3) is 0 Å². The maximum absolute atomic E-state index is 12.8. The van der Waals surface area contributed by atoms with E-state index in [0.717, 1.165) is 12.1 Å². The van der Waals surface area contributed by atoms with Gasteiger partial charge < -0.3 is 4.90 Å². The van der Waals surface area contributed by atoms with E-state index >= 15 is 0 Å². The van der Waals surface area contributed by atoms with Gasteiger partial charge in [-0.25, -0.2) is 0 Å². The Bertz CT molecular complexity index is 665. The molecule has 3 rings (SSSR count). The highest BCUT2D eigenvalue weighted by atomic mass is 16.2. The van der Waals surface area contributed by atoms with Crippen LogP contribution in [0.5, 0.6) is 0 Å². The number of nitrogens with zero attached hydrogens (tertiary/aromatic N) is 1. The van der Waals surface area contributed by atoms with Gasteiger partial charge in [0.05, 0.1) is 6.04 Å². The number of carbonyl (C=O) groups excluding carboxylic acids is 1.